The fraction of sp³-hybridized carbons (Fsp3) is 0.350. The van der Waals surface area contributed by atoms with Gasteiger partial charge in [0.05, 0.1) is 12.4 Å². The summed E-state index contributed by atoms with van der Waals surface area (Å²) in [5.74, 6) is 1.56. The molecule has 0 bridgehead atoms. The monoisotopic (exact) mass is 348 g/mol. The van der Waals surface area contributed by atoms with Crippen LogP contribution in [0.2, 0.25) is 0 Å². The molecule has 1 saturated heterocycles. The number of hydrogen-bond donors (Lipinski definition) is 0. The Kier molecular flexibility index (Phi) is 4.82. The van der Waals surface area contributed by atoms with Crippen molar-refractivity contribution in [2.45, 2.75) is 25.8 Å². The molecule has 4 rings (SSSR count). The lowest BCUT2D eigenvalue weighted by atomic mass is 10.1. The van der Waals surface area contributed by atoms with Crippen LogP contribution in [0, 0.1) is 0 Å². The Morgan fingerprint density at radius 1 is 1.04 bits per heavy atom. The van der Waals surface area contributed by atoms with Crippen molar-refractivity contribution in [1.82, 2.24) is 19.7 Å². The maximum atomic E-state index is 4.70. The first kappa shape index (κ1) is 16.6. The average molecular weight is 348 g/mol. The van der Waals surface area contributed by atoms with Gasteiger partial charge in [0.25, 0.3) is 0 Å². The van der Waals surface area contributed by atoms with Crippen molar-refractivity contribution in [1.29, 1.82) is 0 Å². The molecule has 0 spiro atoms. The van der Waals surface area contributed by atoms with Gasteiger partial charge in [-0.25, -0.2) is 9.67 Å². The molecule has 1 aliphatic heterocycles. The molecule has 1 fully saturated rings. The topological polar surface area (TPSA) is 50.1 Å². The number of para-hydroxylation sites is 1. The molecule has 0 radical (unpaired) electrons. The van der Waals surface area contributed by atoms with E-state index in [-0.39, 0.29) is 0 Å². The Balaban J connectivity index is 1.55. The van der Waals surface area contributed by atoms with Gasteiger partial charge in [0.2, 0.25) is 0 Å². The molecule has 1 aliphatic rings. The second-order valence-corrected chi connectivity index (χ2v) is 6.72. The van der Waals surface area contributed by atoms with E-state index in [1.165, 1.54) is 30.5 Å². The molecule has 0 unspecified atom stereocenters. The minimum Gasteiger partial charge on any atom is -0.371 e. The van der Waals surface area contributed by atoms with Gasteiger partial charge in [-0.05, 0) is 37.0 Å². The first-order chi connectivity index (χ1) is 12.8. The van der Waals surface area contributed by atoms with Crippen LogP contribution in [-0.4, -0.2) is 39.9 Å². The summed E-state index contributed by atoms with van der Waals surface area (Å²) in [5, 5.41) is 4.24. The maximum Gasteiger partial charge on any atom is 0.173 e. The SMILES string of the molecule is CN(Cc1ccccc1N1CCCCC1)c1cncc(-n2cccn2)n1. The molecule has 2 aromatic heterocycles. The highest BCUT2D eigenvalue weighted by molar-refractivity contribution is 5.55. The van der Waals surface area contributed by atoms with Crippen LogP contribution >= 0.6 is 0 Å². The Labute approximate surface area is 154 Å². The molecule has 6 heteroatoms. The Bertz CT molecular complexity index is 839. The lowest BCUT2D eigenvalue weighted by Gasteiger charge is -2.31. The Morgan fingerprint density at radius 3 is 2.69 bits per heavy atom. The summed E-state index contributed by atoms with van der Waals surface area (Å²) in [6.07, 6.45) is 11.0. The summed E-state index contributed by atoms with van der Waals surface area (Å²) < 4.78 is 1.73. The third-order valence-corrected chi connectivity index (χ3v) is 4.84. The van der Waals surface area contributed by atoms with E-state index in [4.69, 9.17) is 4.98 Å². The molecule has 0 amide bonds. The zero-order valence-corrected chi connectivity index (χ0v) is 15.1. The molecule has 6 nitrogen and oxygen atoms in total. The molecular formula is C20H24N6. The van der Waals surface area contributed by atoms with Gasteiger partial charge in [-0.15, -0.1) is 0 Å². The molecule has 0 saturated carbocycles. The van der Waals surface area contributed by atoms with Crippen LogP contribution in [0.1, 0.15) is 24.8 Å². The number of hydrogen-bond acceptors (Lipinski definition) is 5. The summed E-state index contributed by atoms with van der Waals surface area (Å²) >= 11 is 0. The van der Waals surface area contributed by atoms with E-state index in [1.54, 1.807) is 23.3 Å². The largest absolute Gasteiger partial charge is 0.371 e. The minimum atomic E-state index is 0.726. The number of piperidine rings is 1. The van der Waals surface area contributed by atoms with E-state index >= 15 is 0 Å². The smallest absolute Gasteiger partial charge is 0.173 e. The van der Waals surface area contributed by atoms with Crippen LogP contribution in [0.15, 0.2) is 55.1 Å². The maximum absolute atomic E-state index is 4.70. The lowest BCUT2D eigenvalue weighted by Crippen LogP contribution is -2.31. The number of aromatic nitrogens is 4. The lowest BCUT2D eigenvalue weighted by molar-refractivity contribution is 0.576. The number of nitrogens with zero attached hydrogens (tertiary/aromatic N) is 6. The average Bonchev–Trinajstić information content (AvgIpc) is 3.24. The van der Waals surface area contributed by atoms with Crippen LogP contribution in [0.3, 0.4) is 0 Å². The van der Waals surface area contributed by atoms with Crippen molar-refractivity contribution < 1.29 is 0 Å². The van der Waals surface area contributed by atoms with E-state index in [0.29, 0.717) is 0 Å². The summed E-state index contributed by atoms with van der Waals surface area (Å²) in [4.78, 5) is 13.7. The number of benzene rings is 1. The van der Waals surface area contributed by atoms with Crippen LogP contribution < -0.4 is 9.80 Å². The van der Waals surface area contributed by atoms with E-state index in [0.717, 1.165) is 31.3 Å². The van der Waals surface area contributed by atoms with Gasteiger partial charge in [0.15, 0.2) is 5.82 Å². The van der Waals surface area contributed by atoms with Gasteiger partial charge in [0, 0.05) is 44.8 Å². The van der Waals surface area contributed by atoms with Crippen LogP contribution in [0.5, 0.6) is 0 Å². The minimum absolute atomic E-state index is 0.726. The molecule has 3 aromatic rings. The van der Waals surface area contributed by atoms with Crippen molar-refractivity contribution in [3.05, 3.63) is 60.7 Å². The first-order valence-electron chi connectivity index (χ1n) is 9.17. The van der Waals surface area contributed by atoms with Crippen molar-refractivity contribution >= 4 is 11.5 Å². The molecule has 0 atom stereocenters. The van der Waals surface area contributed by atoms with Gasteiger partial charge in [-0.1, -0.05) is 18.2 Å². The highest BCUT2D eigenvalue weighted by atomic mass is 15.3. The van der Waals surface area contributed by atoms with Crippen molar-refractivity contribution in [2.75, 3.05) is 29.9 Å². The molecule has 26 heavy (non-hydrogen) atoms. The van der Waals surface area contributed by atoms with E-state index in [1.807, 2.05) is 12.3 Å². The first-order valence-corrected chi connectivity index (χ1v) is 9.17. The van der Waals surface area contributed by atoms with Crippen molar-refractivity contribution in [2.24, 2.45) is 0 Å². The zero-order chi connectivity index (χ0) is 17.8. The van der Waals surface area contributed by atoms with E-state index in [2.05, 4.69) is 51.2 Å². The summed E-state index contributed by atoms with van der Waals surface area (Å²) in [6.45, 7) is 3.09. The van der Waals surface area contributed by atoms with E-state index < -0.39 is 0 Å². The number of rotatable bonds is 5. The fourth-order valence-corrected chi connectivity index (χ4v) is 3.47. The molecule has 134 valence electrons. The van der Waals surface area contributed by atoms with Gasteiger partial charge in [-0.2, -0.15) is 5.10 Å². The fourth-order valence-electron chi connectivity index (χ4n) is 3.47. The van der Waals surface area contributed by atoms with Gasteiger partial charge in [-0.3, -0.25) is 4.98 Å². The summed E-state index contributed by atoms with van der Waals surface area (Å²) in [5.41, 5.74) is 2.67. The predicted octanol–water partition coefficient (Wildman–Crippen LogP) is 3.29. The van der Waals surface area contributed by atoms with Crippen LogP contribution in [0.4, 0.5) is 11.5 Å². The molecule has 1 aromatic carbocycles. The van der Waals surface area contributed by atoms with Crippen LogP contribution in [0.25, 0.3) is 5.82 Å². The van der Waals surface area contributed by atoms with Gasteiger partial charge in [0.1, 0.15) is 5.82 Å². The van der Waals surface area contributed by atoms with Crippen LogP contribution in [-0.2, 0) is 6.54 Å². The molecule has 0 N–H and O–H groups in total. The summed E-state index contributed by atoms with van der Waals surface area (Å²) in [7, 11) is 2.06. The summed E-state index contributed by atoms with van der Waals surface area (Å²) in [6, 6.07) is 10.6. The Morgan fingerprint density at radius 2 is 1.88 bits per heavy atom. The third-order valence-electron chi connectivity index (χ3n) is 4.84. The third kappa shape index (κ3) is 3.54. The normalized spacial score (nSPS) is 14.4. The van der Waals surface area contributed by atoms with Gasteiger partial charge < -0.3 is 9.80 Å². The molecular weight excluding hydrogens is 324 g/mol. The van der Waals surface area contributed by atoms with Crippen molar-refractivity contribution in [3.63, 3.8) is 0 Å². The molecule has 3 heterocycles. The predicted molar refractivity (Wildman–Crippen MR) is 104 cm³/mol. The highest BCUT2D eigenvalue weighted by Crippen LogP contribution is 2.26. The second-order valence-electron chi connectivity index (χ2n) is 6.72. The zero-order valence-electron chi connectivity index (χ0n) is 15.1. The highest BCUT2D eigenvalue weighted by Gasteiger charge is 2.15. The standard InChI is InChI=1S/C20H24N6/c1-24(19-14-21-15-20(23-19)26-13-7-10-22-26)16-17-8-3-4-9-18(17)25-11-5-2-6-12-25/h3-4,7-10,13-15H,2,5-6,11-12,16H2,1H3. The van der Waals surface area contributed by atoms with E-state index in [9.17, 15) is 0 Å². The Hall–Kier alpha value is -2.89. The molecule has 0 aliphatic carbocycles. The van der Waals surface area contributed by atoms with Crippen molar-refractivity contribution in [3.8, 4) is 5.82 Å². The second kappa shape index (κ2) is 7.56. The van der Waals surface area contributed by atoms with Gasteiger partial charge >= 0.3 is 0 Å². The quantitative estimate of drug-likeness (QED) is 0.708. The number of anilines is 2.